The number of ether oxygens (including phenoxy) is 1. The van der Waals surface area contributed by atoms with Crippen LogP contribution in [0.4, 0.5) is 5.69 Å². The van der Waals surface area contributed by atoms with Crippen molar-refractivity contribution in [3.8, 4) is 0 Å². The van der Waals surface area contributed by atoms with E-state index in [0.717, 1.165) is 0 Å². The van der Waals surface area contributed by atoms with Gasteiger partial charge in [-0.15, -0.1) is 0 Å². The molecule has 1 atom stereocenters. The lowest BCUT2D eigenvalue weighted by Crippen LogP contribution is -2.29. The second-order valence-electron chi connectivity index (χ2n) is 5.15. The van der Waals surface area contributed by atoms with Crippen molar-refractivity contribution in [1.29, 1.82) is 0 Å². The van der Waals surface area contributed by atoms with Gasteiger partial charge in [-0.3, -0.25) is 9.36 Å². The average Bonchev–Trinajstić information content (AvgIpc) is 2.43. The van der Waals surface area contributed by atoms with E-state index in [1.54, 1.807) is 13.8 Å². The summed E-state index contributed by atoms with van der Waals surface area (Å²) in [6.45, 7) is 3.53. The Morgan fingerprint density at radius 2 is 2.00 bits per heavy atom. The molecule has 3 N–H and O–H groups in total. The number of hydrogen-bond acceptors (Lipinski definition) is 5. The van der Waals surface area contributed by atoms with E-state index in [-0.39, 0.29) is 23.7 Å². The number of nitrogens with zero attached hydrogens (tertiary/aromatic N) is 1. The molecule has 0 aliphatic heterocycles. The number of pyridine rings is 1. The van der Waals surface area contributed by atoms with Gasteiger partial charge in [0.25, 0.3) is 0 Å². The van der Waals surface area contributed by atoms with Crippen LogP contribution in [0, 0.1) is 5.92 Å². The lowest BCUT2D eigenvalue weighted by molar-refractivity contribution is -0.116. The van der Waals surface area contributed by atoms with Crippen molar-refractivity contribution in [2.75, 3.05) is 12.4 Å². The highest BCUT2D eigenvalue weighted by atomic mass is 31.2. The lowest BCUT2D eigenvalue weighted by atomic mass is 10.1. The van der Waals surface area contributed by atoms with Crippen molar-refractivity contribution in [2.24, 2.45) is 5.92 Å². The summed E-state index contributed by atoms with van der Waals surface area (Å²) in [5, 5.41) is 2.39. The summed E-state index contributed by atoms with van der Waals surface area (Å²) in [6.07, 6.45) is 1.28. The molecule has 1 amide bonds. The predicted octanol–water partition coefficient (Wildman–Crippen LogP) is 1.40. The zero-order valence-corrected chi connectivity index (χ0v) is 13.4. The van der Waals surface area contributed by atoms with Gasteiger partial charge in [0.15, 0.2) is 0 Å². The molecular weight excluding hydrogens is 311 g/mol. The molecule has 0 bridgehead atoms. The van der Waals surface area contributed by atoms with Gasteiger partial charge in [0.05, 0.1) is 19.0 Å². The van der Waals surface area contributed by atoms with Crippen LogP contribution in [0.3, 0.4) is 0 Å². The fraction of sp³-hybridized carbons (Fsp3) is 0.462. The minimum atomic E-state index is -4.56. The third-order valence-electron chi connectivity index (χ3n) is 2.83. The highest BCUT2D eigenvalue weighted by molar-refractivity contribution is 7.53. The molecule has 0 aliphatic carbocycles. The molecule has 0 aromatic carbocycles. The van der Waals surface area contributed by atoms with Crippen LogP contribution >= 0.6 is 7.60 Å². The smallest absolute Gasteiger partial charge is 0.356 e. The minimum Gasteiger partial charge on any atom is -0.464 e. The molecule has 0 saturated heterocycles. The van der Waals surface area contributed by atoms with Gasteiger partial charge >= 0.3 is 13.6 Å². The summed E-state index contributed by atoms with van der Waals surface area (Å²) in [6, 6.07) is 2.75. The van der Waals surface area contributed by atoms with Gasteiger partial charge in [0.1, 0.15) is 11.4 Å². The largest absolute Gasteiger partial charge is 0.464 e. The molecule has 0 aliphatic rings. The Morgan fingerprint density at radius 1 is 1.36 bits per heavy atom. The third-order valence-corrected chi connectivity index (χ3v) is 4.09. The fourth-order valence-electron chi connectivity index (χ4n) is 1.76. The van der Waals surface area contributed by atoms with Gasteiger partial charge in [-0.25, -0.2) is 9.78 Å². The summed E-state index contributed by atoms with van der Waals surface area (Å²) < 4.78 is 15.9. The molecule has 8 nitrogen and oxygen atoms in total. The van der Waals surface area contributed by atoms with Gasteiger partial charge in [-0.1, -0.05) is 13.8 Å². The first-order valence-electron chi connectivity index (χ1n) is 6.55. The molecule has 9 heteroatoms. The fourth-order valence-corrected chi connectivity index (χ4v) is 2.83. The van der Waals surface area contributed by atoms with Crippen LogP contribution in [0.2, 0.25) is 0 Å². The van der Waals surface area contributed by atoms with Gasteiger partial charge in [-0.05, 0) is 24.5 Å². The maximum atomic E-state index is 12.0. The second kappa shape index (κ2) is 7.49. The number of esters is 1. The molecule has 122 valence electrons. The van der Waals surface area contributed by atoms with Crippen molar-refractivity contribution in [3.63, 3.8) is 0 Å². The number of rotatable bonds is 6. The molecular formula is C13H19N2O6P. The number of carbonyl (C=O) groups excluding carboxylic acids is 2. The van der Waals surface area contributed by atoms with Crippen molar-refractivity contribution in [1.82, 2.24) is 4.98 Å². The highest BCUT2D eigenvalue weighted by Gasteiger charge is 2.36. The summed E-state index contributed by atoms with van der Waals surface area (Å²) in [7, 11) is -3.34. The molecule has 1 aromatic rings. The molecule has 1 rings (SSSR count). The SMILES string of the molecule is COC(=O)c1ccc(NC(=O)C(CC(C)C)P(=O)(O)O)cn1. The summed E-state index contributed by atoms with van der Waals surface area (Å²) >= 11 is 0. The number of amides is 1. The Kier molecular flexibility index (Phi) is 6.22. The molecule has 1 unspecified atom stereocenters. The Bertz CT molecular complexity index is 581. The standard InChI is InChI=1S/C13H19N2O6P/c1-8(2)6-11(22(18,19)20)12(16)15-9-4-5-10(14-7-9)13(17)21-3/h4-5,7-8,11H,6H2,1-3H3,(H,15,16)(H2,18,19,20). The summed E-state index contributed by atoms with van der Waals surface area (Å²) in [4.78, 5) is 45.7. The average molecular weight is 330 g/mol. The summed E-state index contributed by atoms with van der Waals surface area (Å²) in [5.41, 5.74) is -1.12. The second-order valence-corrected chi connectivity index (χ2v) is 6.95. The topological polar surface area (TPSA) is 126 Å². The van der Waals surface area contributed by atoms with E-state index < -0.39 is 25.1 Å². The van der Waals surface area contributed by atoms with Crippen LogP contribution in [-0.4, -0.2) is 39.4 Å². The number of anilines is 1. The van der Waals surface area contributed by atoms with Gasteiger partial charge in [0.2, 0.25) is 5.91 Å². The van der Waals surface area contributed by atoms with Crippen LogP contribution in [0.25, 0.3) is 0 Å². The van der Waals surface area contributed by atoms with Gasteiger partial charge in [0, 0.05) is 0 Å². The maximum Gasteiger partial charge on any atom is 0.356 e. The normalized spacial score (nSPS) is 12.8. The molecule has 1 heterocycles. The van der Waals surface area contributed by atoms with Crippen LogP contribution in [0.1, 0.15) is 30.8 Å². The number of nitrogens with one attached hydrogen (secondary N) is 1. The first-order chi connectivity index (χ1) is 10.1. The van der Waals surface area contributed by atoms with E-state index in [2.05, 4.69) is 15.0 Å². The maximum absolute atomic E-state index is 12.0. The van der Waals surface area contributed by atoms with E-state index in [4.69, 9.17) is 0 Å². The number of aromatic nitrogens is 1. The molecule has 0 fully saturated rings. The first kappa shape index (κ1) is 18.3. The minimum absolute atomic E-state index is 0.0526. The predicted molar refractivity (Wildman–Crippen MR) is 79.5 cm³/mol. The van der Waals surface area contributed by atoms with Gasteiger partial charge < -0.3 is 19.8 Å². The molecule has 0 radical (unpaired) electrons. The number of methoxy groups -OCH3 is 1. The van der Waals surface area contributed by atoms with Crippen molar-refractivity contribution >= 4 is 25.2 Å². The molecule has 1 aromatic heterocycles. The van der Waals surface area contributed by atoms with E-state index in [1.165, 1.54) is 25.4 Å². The molecule has 0 spiro atoms. The third kappa shape index (κ3) is 5.22. The van der Waals surface area contributed by atoms with Gasteiger partial charge in [-0.2, -0.15) is 0 Å². The van der Waals surface area contributed by atoms with E-state index >= 15 is 0 Å². The monoisotopic (exact) mass is 330 g/mol. The highest BCUT2D eigenvalue weighted by Crippen LogP contribution is 2.44. The Morgan fingerprint density at radius 3 is 2.41 bits per heavy atom. The number of hydrogen-bond donors (Lipinski definition) is 3. The van der Waals surface area contributed by atoms with Crippen LogP contribution < -0.4 is 5.32 Å². The zero-order valence-electron chi connectivity index (χ0n) is 12.5. The van der Waals surface area contributed by atoms with E-state index in [1.807, 2.05) is 0 Å². The van der Waals surface area contributed by atoms with E-state index in [9.17, 15) is 23.9 Å². The summed E-state index contributed by atoms with van der Waals surface area (Å²) in [5.74, 6) is -1.45. The van der Waals surface area contributed by atoms with Crippen molar-refractivity contribution in [3.05, 3.63) is 24.0 Å². The molecule has 0 saturated carbocycles. The van der Waals surface area contributed by atoms with Crippen molar-refractivity contribution < 1.29 is 28.7 Å². The Balaban J connectivity index is 2.85. The number of carbonyl (C=O) groups is 2. The Hall–Kier alpha value is -1.76. The molecule has 22 heavy (non-hydrogen) atoms. The van der Waals surface area contributed by atoms with Crippen molar-refractivity contribution in [2.45, 2.75) is 25.9 Å². The van der Waals surface area contributed by atoms with Crippen LogP contribution in [-0.2, 0) is 14.1 Å². The van der Waals surface area contributed by atoms with Crippen LogP contribution in [0.15, 0.2) is 18.3 Å². The Labute approximate surface area is 128 Å². The zero-order chi connectivity index (χ0) is 16.9. The quantitative estimate of drug-likeness (QED) is 0.531. The van der Waals surface area contributed by atoms with Crippen LogP contribution in [0.5, 0.6) is 0 Å². The first-order valence-corrected chi connectivity index (χ1v) is 8.23. The van der Waals surface area contributed by atoms with E-state index in [0.29, 0.717) is 0 Å². The lowest BCUT2D eigenvalue weighted by Gasteiger charge is -2.19.